The molecule has 0 radical (unpaired) electrons. The molecule has 1 saturated heterocycles. The summed E-state index contributed by atoms with van der Waals surface area (Å²) in [5.74, 6) is 0.660. The summed E-state index contributed by atoms with van der Waals surface area (Å²) in [6.45, 7) is 3.21. The van der Waals surface area contributed by atoms with Crippen molar-refractivity contribution in [3.63, 3.8) is 0 Å². The van der Waals surface area contributed by atoms with Crippen LogP contribution in [0.15, 0.2) is 5.38 Å². The number of rotatable bonds is 5. The third-order valence-electron chi connectivity index (χ3n) is 3.46. The van der Waals surface area contributed by atoms with Gasteiger partial charge in [0.1, 0.15) is 0 Å². The van der Waals surface area contributed by atoms with Gasteiger partial charge in [0, 0.05) is 17.8 Å². The number of unbranched alkanes of at least 4 members (excludes halogenated alkanes) is 1. The van der Waals surface area contributed by atoms with E-state index in [0.717, 1.165) is 19.4 Å². The van der Waals surface area contributed by atoms with Gasteiger partial charge >= 0.3 is 0 Å². The molecule has 0 spiro atoms. The minimum atomic E-state index is 0.660. The maximum atomic E-state index is 5.51. The van der Waals surface area contributed by atoms with Crippen LogP contribution in [0, 0.1) is 0 Å². The molecule has 3 nitrogen and oxygen atoms in total. The van der Waals surface area contributed by atoms with E-state index < -0.39 is 0 Å². The maximum Gasteiger partial charge on any atom is 0.0928 e. The summed E-state index contributed by atoms with van der Waals surface area (Å²) in [7, 11) is 2.21. The highest BCUT2D eigenvalue weighted by Crippen LogP contribution is 2.27. The van der Waals surface area contributed by atoms with E-state index >= 15 is 0 Å². The molecule has 2 N–H and O–H groups in total. The average molecular weight is 253 g/mol. The van der Waals surface area contributed by atoms with E-state index in [0.29, 0.717) is 5.92 Å². The van der Waals surface area contributed by atoms with Crippen LogP contribution in [0.3, 0.4) is 0 Å². The van der Waals surface area contributed by atoms with E-state index in [2.05, 4.69) is 17.3 Å². The molecule has 96 valence electrons. The van der Waals surface area contributed by atoms with Crippen molar-refractivity contribution in [1.82, 2.24) is 9.88 Å². The number of hydrogen-bond acceptors (Lipinski definition) is 4. The van der Waals surface area contributed by atoms with Crippen LogP contribution < -0.4 is 5.73 Å². The van der Waals surface area contributed by atoms with Crippen LogP contribution >= 0.6 is 11.3 Å². The van der Waals surface area contributed by atoms with Crippen LogP contribution in [-0.2, 0) is 6.42 Å². The first-order chi connectivity index (χ1) is 8.29. The lowest BCUT2D eigenvalue weighted by atomic mass is 9.96. The first kappa shape index (κ1) is 13.0. The predicted octanol–water partition coefficient (Wildman–Crippen LogP) is 2.23. The first-order valence-electron chi connectivity index (χ1n) is 6.62. The standard InChI is InChI=1S/C13H23N3S/c1-16-8-4-5-11(9-16)12-10-17-13(15-12)6-2-3-7-14/h10-11H,2-9,14H2,1H3. The van der Waals surface area contributed by atoms with Crippen molar-refractivity contribution < 1.29 is 0 Å². The lowest BCUT2D eigenvalue weighted by molar-refractivity contribution is 0.249. The third-order valence-corrected chi connectivity index (χ3v) is 4.38. The number of piperidine rings is 1. The number of thiazole rings is 1. The van der Waals surface area contributed by atoms with Crippen molar-refractivity contribution in [3.8, 4) is 0 Å². The van der Waals surface area contributed by atoms with Gasteiger partial charge in [0.25, 0.3) is 0 Å². The van der Waals surface area contributed by atoms with Gasteiger partial charge in [-0.15, -0.1) is 11.3 Å². The average Bonchev–Trinajstić information content (AvgIpc) is 2.78. The predicted molar refractivity (Wildman–Crippen MR) is 73.6 cm³/mol. The molecular weight excluding hydrogens is 230 g/mol. The van der Waals surface area contributed by atoms with Crippen molar-refractivity contribution in [2.45, 2.75) is 38.0 Å². The van der Waals surface area contributed by atoms with Gasteiger partial charge < -0.3 is 10.6 Å². The lowest BCUT2D eigenvalue weighted by Gasteiger charge is -2.28. The van der Waals surface area contributed by atoms with E-state index in [1.54, 1.807) is 0 Å². The molecule has 1 aromatic heterocycles. The first-order valence-corrected chi connectivity index (χ1v) is 7.50. The third kappa shape index (κ3) is 3.76. The second kappa shape index (κ2) is 6.47. The molecule has 0 amide bonds. The maximum absolute atomic E-state index is 5.51. The molecule has 1 unspecified atom stereocenters. The zero-order valence-corrected chi connectivity index (χ0v) is 11.5. The Hall–Kier alpha value is -0.450. The second-order valence-electron chi connectivity index (χ2n) is 5.01. The van der Waals surface area contributed by atoms with Crippen LogP contribution in [0.1, 0.15) is 42.3 Å². The minimum Gasteiger partial charge on any atom is -0.330 e. The number of nitrogens with two attached hydrogens (primary N) is 1. The Morgan fingerprint density at radius 2 is 2.41 bits per heavy atom. The smallest absolute Gasteiger partial charge is 0.0928 e. The number of likely N-dealkylation sites (tertiary alicyclic amines) is 1. The zero-order chi connectivity index (χ0) is 12.1. The normalized spacial score (nSPS) is 21.9. The van der Waals surface area contributed by atoms with Crippen molar-refractivity contribution >= 4 is 11.3 Å². The van der Waals surface area contributed by atoms with Gasteiger partial charge in [0.15, 0.2) is 0 Å². The SMILES string of the molecule is CN1CCCC(c2csc(CCCCN)n2)C1. The molecule has 1 fully saturated rings. The van der Waals surface area contributed by atoms with E-state index in [-0.39, 0.29) is 0 Å². The summed E-state index contributed by atoms with van der Waals surface area (Å²) in [5.41, 5.74) is 6.83. The Kier molecular flexibility index (Phi) is 4.95. The largest absolute Gasteiger partial charge is 0.330 e. The summed E-state index contributed by atoms with van der Waals surface area (Å²) >= 11 is 1.82. The highest BCUT2D eigenvalue weighted by atomic mass is 32.1. The molecule has 2 heterocycles. The van der Waals surface area contributed by atoms with Gasteiger partial charge in [-0.1, -0.05) is 0 Å². The molecule has 2 rings (SSSR count). The lowest BCUT2D eigenvalue weighted by Crippen LogP contribution is -2.30. The molecule has 0 saturated carbocycles. The summed E-state index contributed by atoms with van der Waals surface area (Å²) in [5, 5.41) is 3.56. The van der Waals surface area contributed by atoms with E-state index in [4.69, 9.17) is 10.7 Å². The molecule has 0 aliphatic carbocycles. The van der Waals surface area contributed by atoms with Gasteiger partial charge in [0.05, 0.1) is 10.7 Å². The van der Waals surface area contributed by atoms with Gasteiger partial charge in [-0.3, -0.25) is 0 Å². The number of likely N-dealkylation sites (N-methyl/N-ethyl adjacent to an activating group) is 1. The van der Waals surface area contributed by atoms with Gasteiger partial charge in [-0.25, -0.2) is 4.98 Å². The molecule has 17 heavy (non-hydrogen) atoms. The van der Waals surface area contributed by atoms with Crippen LogP contribution in [0.4, 0.5) is 0 Å². The Bertz CT molecular complexity index is 337. The molecular formula is C13H23N3S. The number of aryl methyl sites for hydroxylation is 1. The molecule has 1 aliphatic heterocycles. The molecule has 0 aromatic carbocycles. The zero-order valence-electron chi connectivity index (χ0n) is 10.7. The summed E-state index contributed by atoms with van der Waals surface area (Å²) in [6, 6.07) is 0. The topological polar surface area (TPSA) is 42.1 Å². The van der Waals surface area contributed by atoms with Crippen molar-refractivity contribution in [3.05, 3.63) is 16.1 Å². The number of aromatic nitrogens is 1. The molecule has 1 aliphatic rings. The Labute approximate surface area is 108 Å². The second-order valence-corrected chi connectivity index (χ2v) is 5.96. The Balaban J connectivity index is 1.88. The van der Waals surface area contributed by atoms with Crippen LogP contribution in [0.5, 0.6) is 0 Å². The van der Waals surface area contributed by atoms with Crippen LogP contribution in [0.2, 0.25) is 0 Å². The Morgan fingerprint density at radius 1 is 1.53 bits per heavy atom. The van der Waals surface area contributed by atoms with Crippen LogP contribution in [-0.4, -0.2) is 36.6 Å². The van der Waals surface area contributed by atoms with Crippen molar-refractivity contribution in [2.75, 3.05) is 26.7 Å². The van der Waals surface area contributed by atoms with Crippen LogP contribution in [0.25, 0.3) is 0 Å². The van der Waals surface area contributed by atoms with E-state index in [9.17, 15) is 0 Å². The quantitative estimate of drug-likeness (QED) is 0.818. The van der Waals surface area contributed by atoms with E-state index in [1.165, 1.54) is 43.1 Å². The van der Waals surface area contributed by atoms with Gasteiger partial charge in [-0.05, 0) is 52.2 Å². The molecule has 4 heteroatoms. The van der Waals surface area contributed by atoms with E-state index in [1.807, 2.05) is 11.3 Å². The van der Waals surface area contributed by atoms with Gasteiger partial charge in [0.2, 0.25) is 0 Å². The summed E-state index contributed by atoms with van der Waals surface area (Å²) in [6.07, 6.45) is 6.00. The number of nitrogens with zero attached hydrogens (tertiary/aromatic N) is 2. The minimum absolute atomic E-state index is 0.660. The molecule has 0 bridgehead atoms. The fourth-order valence-electron chi connectivity index (χ4n) is 2.46. The fourth-order valence-corrected chi connectivity index (χ4v) is 3.38. The Morgan fingerprint density at radius 3 is 3.18 bits per heavy atom. The van der Waals surface area contributed by atoms with Crippen molar-refractivity contribution in [1.29, 1.82) is 0 Å². The van der Waals surface area contributed by atoms with Crippen molar-refractivity contribution in [2.24, 2.45) is 5.73 Å². The highest BCUT2D eigenvalue weighted by molar-refractivity contribution is 7.09. The monoisotopic (exact) mass is 253 g/mol. The summed E-state index contributed by atoms with van der Waals surface area (Å²) < 4.78 is 0. The molecule has 1 aromatic rings. The fraction of sp³-hybridized carbons (Fsp3) is 0.769. The summed E-state index contributed by atoms with van der Waals surface area (Å²) in [4.78, 5) is 7.21. The highest BCUT2D eigenvalue weighted by Gasteiger charge is 2.20. The molecule has 1 atom stereocenters. The number of hydrogen-bond donors (Lipinski definition) is 1. The van der Waals surface area contributed by atoms with Gasteiger partial charge in [-0.2, -0.15) is 0 Å².